The molecule has 1 saturated heterocycles. The Balaban J connectivity index is 1.86. The normalized spacial score (nSPS) is 21.3. The van der Waals surface area contributed by atoms with Crippen molar-refractivity contribution < 1.29 is 19.8 Å². The number of aliphatic hydroxyl groups is 1. The van der Waals surface area contributed by atoms with E-state index in [0.717, 1.165) is 16.3 Å². The number of fused-ring (bicyclic) bond motifs is 1. The number of aliphatic carboxylic acids is 1. The smallest absolute Gasteiger partial charge is 0.329 e. The van der Waals surface area contributed by atoms with Crippen molar-refractivity contribution in [2.24, 2.45) is 0 Å². The fourth-order valence-electron chi connectivity index (χ4n) is 3.15. The molecule has 2 heterocycles. The highest BCUT2D eigenvalue weighted by atomic mass is 16.4. The van der Waals surface area contributed by atoms with Crippen molar-refractivity contribution in [1.29, 1.82) is 0 Å². The van der Waals surface area contributed by atoms with Gasteiger partial charge in [0.25, 0.3) is 0 Å². The minimum atomic E-state index is -1.16. The average molecular weight is 314 g/mol. The van der Waals surface area contributed by atoms with E-state index >= 15 is 0 Å². The van der Waals surface area contributed by atoms with E-state index in [0.29, 0.717) is 19.4 Å². The lowest BCUT2D eigenvalue weighted by molar-refractivity contribution is -0.158. The first-order chi connectivity index (χ1) is 11.1. The second kappa shape index (κ2) is 6.34. The number of aliphatic hydroxyl groups excluding tert-OH is 1. The van der Waals surface area contributed by atoms with Gasteiger partial charge in [-0.25, -0.2) is 4.79 Å². The van der Waals surface area contributed by atoms with E-state index in [-0.39, 0.29) is 12.3 Å². The van der Waals surface area contributed by atoms with Gasteiger partial charge in [0, 0.05) is 24.3 Å². The number of amides is 1. The number of carboxylic acids is 1. The van der Waals surface area contributed by atoms with Gasteiger partial charge in [-0.1, -0.05) is 18.2 Å². The summed E-state index contributed by atoms with van der Waals surface area (Å²) >= 11 is 0. The molecule has 1 aliphatic rings. The number of pyridine rings is 1. The van der Waals surface area contributed by atoms with Crippen molar-refractivity contribution in [3.05, 3.63) is 42.2 Å². The Labute approximate surface area is 133 Å². The number of likely N-dealkylation sites (tertiary alicyclic amines) is 1. The van der Waals surface area contributed by atoms with Gasteiger partial charge in [-0.15, -0.1) is 0 Å². The Morgan fingerprint density at radius 3 is 2.91 bits per heavy atom. The first-order valence-corrected chi connectivity index (χ1v) is 7.60. The van der Waals surface area contributed by atoms with Crippen molar-refractivity contribution in [2.75, 3.05) is 6.54 Å². The lowest BCUT2D eigenvalue weighted by Gasteiger charge is -2.36. The van der Waals surface area contributed by atoms with E-state index in [1.165, 1.54) is 4.90 Å². The number of aromatic nitrogens is 1. The van der Waals surface area contributed by atoms with Crippen LogP contribution in [0, 0.1) is 0 Å². The third-order valence-electron chi connectivity index (χ3n) is 4.29. The van der Waals surface area contributed by atoms with Crippen LogP contribution in [0.4, 0.5) is 0 Å². The van der Waals surface area contributed by atoms with Crippen LogP contribution in [0.2, 0.25) is 0 Å². The number of rotatable bonds is 3. The van der Waals surface area contributed by atoms with Gasteiger partial charge in [-0.3, -0.25) is 9.78 Å². The van der Waals surface area contributed by atoms with Crippen molar-refractivity contribution in [3.63, 3.8) is 0 Å². The zero-order valence-corrected chi connectivity index (χ0v) is 12.6. The van der Waals surface area contributed by atoms with Gasteiger partial charge in [0.1, 0.15) is 0 Å². The van der Waals surface area contributed by atoms with Crippen LogP contribution in [0.25, 0.3) is 10.8 Å². The standard InChI is InChI=1S/C17H18N2O4/c20-14-5-2-8-19(16(14)17(22)23)15(21)9-12-4-1-3-11-6-7-18-10-13(11)12/h1,3-4,6-7,10,14,16,20H,2,5,8-9H2,(H,22,23). The summed E-state index contributed by atoms with van der Waals surface area (Å²) in [7, 11) is 0. The average Bonchev–Trinajstić information content (AvgIpc) is 2.54. The van der Waals surface area contributed by atoms with Crippen molar-refractivity contribution >= 4 is 22.6 Å². The van der Waals surface area contributed by atoms with Gasteiger partial charge in [0.15, 0.2) is 6.04 Å². The van der Waals surface area contributed by atoms with Gasteiger partial charge < -0.3 is 15.1 Å². The molecule has 3 rings (SSSR count). The van der Waals surface area contributed by atoms with E-state index in [9.17, 15) is 19.8 Å². The molecule has 0 aliphatic carbocycles. The number of nitrogens with zero attached hydrogens (tertiary/aromatic N) is 2. The van der Waals surface area contributed by atoms with Gasteiger partial charge in [-0.05, 0) is 29.9 Å². The van der Waals surface area contributed by atoms with Crippen molar-refractivity contribution in [1.82, 2.24) is 9.88 Å². The minimum Gasteiger partial charge on any atom is -0.480 e. The maximum absolute atomic E-state index is 12.6. The number of carbonyl (C=O) groups is 2. The van der Waals surface area contributed by atoms with E-state index in [1.54, 1.807) is 12.4 Å². The van der Waals surface area contributed by atoms with Crippen LogP contribution >= 0.6 is 0 Å². The number of benzene rings is 1. The topological polar surface area (TPSA) is 90.7 Å². The predicted molar refractivity (Wildman–Crippen MR) is 83.8 cm³/mol. The molecule has 1 aromatic heterocycles. The predicted octanol–water partition coefficient (Wildman–Crippen LogP) is 1.21. The monoisotopic (exact) mass is 314 g/mol. The zero-order chi connectivity index (χ0) is 16.4. The number of piperidine rings is 1. The first kappa shape index (κ1) is 15.4. The maximum Gasteiger partial charge on any atom is 0.329 e. The van der Waals surface area contributed by atoms with Gasteiger partial charge in [0.2, 0.25) is 5.91 Å². The number of hydrogen-bond donors (Lipinski definition) is 2. The zero-order valence-electron chi connectivity index (χ0n) is 12.6. The summed E-state index contributed by atoms with van der Waals surface area (Å²) in [6, 6.07) is 6.36. The Kier molecular flexibility index (Phi) is 4.25. The molecule has 0 spiro atoms. The molecule has 2 aromatic rings. The van der Waals surface area contributed by atoms with Gasteiger partial charge in [0.05, 0.1) is 12.5 Å². The Bertz CT molecular complexity index is 741. The summed E-state index contributed by atoms with van der Waals surface area (Å²) in [5.41, 5.74) is 0.810. The van der Waals surface area contributed by atoms with Crippen molar-refractivity contribution in [2.45, 2.75) is 31.4 Å². The molecule has 1 aromatic carbocycles. The lowest BCUT2D eigenvalue weighted by Crippen LogP contribution is -2.55. The molecule has 2 unspecified atom stereocenters. The molecule has 1 amide bonds. The quantitative estimate of drug-likeness (QED) is 0.889. The highest BCUT2D eigenvalue weighted by molar-refractivity contribution is 5.91. The number of carboxylic acid groups (broad SMARTS) is 1. The lowest BCUT2D eigenvalue weighted by atomic mass is 9.97. The molecular weight excluding hydrogens is 296 g/mol. The Hall–Kier alpha value is -2.47. The molecule has 23 heavy (non-hydrogen) atoms. The molecule has 1 aliphatic heterocycles. The molecular formula is C17H18N2O4. The summed E-state index contributed by atoms with van der Waals surface area (Å²) in [5, 5.41) is 21.1. The summed E-state index contributed by atoms with van der Waals surface area (Å²) in [6.45, 7) is 0.357. The van der Waals surface area contributed by atoms with Gasteiger partial charge >= 0.3 is 5.97 Å². The van der Waals surface area contributed by atoms with E-state index < -0.39 is 18.1 Å². The molecule has 0 radical (unpaired) electrons. The summed E-state index contributed by atoms with van der Waals surface area (Å²) < 4.78 is 0. The molecule has 0 saturated carbocycles. The number of carbonyl (C=O) groups excluding carboxylic acids is 1. The van der Waals surface area contributed by atoms with Crippen LogP contribution in [-0.4, -0.2) is 50.7 Å². The summed E-state index contributed by atoms with van der Waals surface area (Å²) in [6.07, 6.45) is 3.48. The Morgan fingerprint density at radius 2 is 2.13 bits per heavy atom. The maximum atomic E-state index is 12.6. The second-order valence-electron chi connectivity index (χ2n) is 5.77. The van der Waals surface area contributed by atoms with Crippen LogP contribution in [-0.2, 0) is 16.0 Å². The molecule has 6 nitrogen and oxygen atoms in total. The molecule has 0 bridgehead atoms. The van der Waals surface area contributed by atoms with E-state index in [4.69, 9.17) is 0 Å². The molecule has 120 valence electrons. The molecule has 6 heteroatoms. The van der Waals surface area contributed by atoms with Crippen LogP contribution in [0.5, 0.6) is 0 Å². The van der Waals surface area contributed by atoms with Crippen LogP contribution in [0.3, 0.4) is 0 Å². The highest BCUT2D eigenvalue weighted by Gasteiger charge is 2.38. The van der Waals surface area contributed by atoms with E-state index in [1.807, 2.05) is 24.3 Å². The van der Waals surface area contributed by atoms with Gasteiger partial charge in [-0.2, -0.15) is 0 Å². The minimum absolute atomic E-state index is 0.0968. The molecule has 2 N–H and O–H groups in total. The summed E-state index contributed by atoms with van der Waals surface area (Å²) in [4.78, 5) is 29.4. The third kappa shape index (κ3) is 3.03. The number of hydrogen-bond acceptors (Lipinski definition) is 4. The molecule has 1 fully saturated rings. The van der Waals surface area contributed by atoms with Crippen LogP contribution in [0.1, 0.15) is 18.4 Å². The summed E-state index contributed by atoms with van der Waals surface area (Å²) in [5.74, 6) is -1.45. The second-order valence-corrected chi connectivity index (χ2v) is 5.77. The molecule has 2 atom stereocenters. The highest BCUT2D eigenvalue weighted by Crippen LogP contribution is 2.22. The third-order valence-corrected chi connectivity index (χ3v) is 4.29. The first-order valence-electron chi connectivity index (χ1n) is 7.60. The van der Waals surface area contributed by atoms with Crippen LogP contribution < -0.4 is 0 Å². The SMILES string of the molecule is O=C(O)C1C(O)CCCN1C(=O)Cc1cccc2ccncc12. The fourth-order valence-corrected chi connectivity index (χ4v) is 3.15. The van der Waals surface area contributed by atoms with Crippen molar-refractivity contribution in [3.8, 4) is 0 Å². The fraction of sp³-hybridized carbons (Fsp3) is 0.353. The Morgan fingerprint density at radius 1 is 1.30 bits per heavy atom. The van der Waals surface area contributed by atoms with Crippen LogP contribution in [0.15, 0.2) is 36.7 Å². The largest absolute Gasteiger partial charge is 0.480 e. The van der Waals surface area contributed by atoms with E-state index in [2.05, 4.69) is 4.98 Å².